The molecule has 0 aromatic heterocycles. The van der Waals surface area contributed by atoms with Crippen molar-refractivity contribution in [3.05, 3.63) is 0 Å². The highest BCUT2D eigenvalue weighted by molar-refractivity contribution is 5.86. The normalized spacial score (nSPS) is 26.5. The SMILES string of the molecule is CN(C)C1NN(C(C)(C)C)C(=O)C1(O)O. The molecule has 15 heavy (non-hydrogen) atoms. The largest absolute Gasteiger partial charge is 0.356 e. The van der Waals surface area contributed by atoms with Gasteiger partial charge in [-0.15, -0.1) is 0 Å². The van der Waals surface area contributed by atoms with E-state index in [0.29, 0.717) is 0 Å². The van der Waals surface area contributed by atoms with Crippen molar-refractivity contribution in [1.29, 1.82) is 0 Å². The van der Waals surface area contributed by atoms with E-state index in [1.54, 1.807) is 19.0 Å². The molecule has 6 nitrogen and oxygen atoms in total. The third-order valence-corrected chi connectivity index (χ3v) is 2.34. The van der Waals surface area contributed by atoms with Crippen LogP contribution in [0.4, 0.5) is 0 Å². The van der Waals surface area contributed by atoms with E-state index in [-0.39, 0.29) is 0 Å². The molecule has 1 fully saturated rings. The van der Waals surface area contributed by atoms with E-state index >= 15 is 0 Å². The van der Waals surface area contributed by atoms with E-state index in [1.807, 2.05) is 20.8 Å². The Morgan fingerprint density at radius 1 is 1.40 bits per heavy atom. The van der Waals surface area contributed by atoms with Crippen LogP contribution in [-0.2, 0) is 4.79 Å². The van der Waals surface area contributed by atoms with Crippen molar-refractivity contribution in [3.63, 3.8) is 0 Å². The van der Waals surface area contributed by atoms with Crippen molar-refractivity contribution in [1.82, 2.24) is 15.3 Å². The molecule has 0 aromatic rings. The molecule has 88 valence electrons. The van der Waals surface area contributed by atoms with Crippen molar-refractivity contribution in [2.45, 2.75) is 38.3 Å². The zero-order valence-electron chi connectivity index (χ0n) is 9.77. The first-order valence-electron chi connectivity index (χ1n) is 4.80. The lowest BCUT2D eigenvalue weighted by Crippen LogP contribution is -2.54. The van der Waals surface area contributed by atoms with Gasteiger partial charge in [-0.2, -0.15) is 0 Å². The second-order valence-electron chi connectivity index (χ2n) is 5.03. The second kappa shape index (κ2) is 3.41. The van der Waals surface area contributed by atoms with Crippen molar-refractivity contribution < 1.29 is 15.0 Å². The summed E-state index contributed by atoms with van der Waals surface area (Å²) >= 11 is 0. The Labute approximate surface area is 89.4 Å². The first-order valence-corrected chi connectivity index (χ1v) is 4.80. The zero-order chi connectivity index (χ0) is 12.0. The minimum Gasteiger partial charge on any atom is -0.356 e. The number of hydrazine groups is 1. The van der Waals surface area contributed by atoms with Crippen LogP contribution < -0.4 is 5.43 Å². The Morgan fingerprint density at radius 2 is 1.87 bits per heavy atom. The number of rotatable bonds is 1. The summed E-state index contributed by atoms with van der Waals surface area (Å²) in [4.78, 5) is 13.3. The number of hydrogen-bond acceptors (Lipinski definition) is 5. The smallest absolute Gasteiger partial charge is 0.300 e. The molecule has 1 amide bonds. The molecule has 1 saturated heterocycles. The summed E-state index contributed by atoms with van der Waals surface area (Å²) < 4.78 is 0. The maximum atomic E-state index is 11.7. The van der Waals surface area contributed by atoms with Gasteiger partial charge in [0.1, 0.15) is 6.17 Å². The fourth-order valence-electron chi connectivity index (χ4n) is 1.53. The average Bonchev–Trinajstić information content (AvgIpc) is 2.22. The lowest BCUT2D eigenvalue weighted by Gasteiger charge is -2.31. The van der Waals surface area contributed by atoms with Gasteiger partial charge in [0, 0.05) is 0 Å². The summed E-state index contributed by atoms with van der Waals surface area (Å²) in [6, 6.07) is 0. The summed E-state index contributed by atoms with van der Waals surface area (Å²) in [7, 11) is 3.33. The van der Waals surface area contributed by atoms with E-state index in [2.05, 4.69) is 5.43 Å². The molecule has 0 radical (unpaired) electrons. The fraction of sp³-hybridized carbons (Fsp3) is 0.889. The molecule has 1 heterocycles. The fourth-order valence-corrected chi connectivity index (χ4v) is 1.53. The number of likely N-dealkylation sites (N-methyl/N-ethyl adjacent to an activating group) is 1. The zero-order valence-corrected chi connectivity index (χ0v) is 9.77. The molecule has 3 N–H and O–H groups in total. The predicted octanol–water partition coefficient (Wildman–Crippen LogP) is -1.30. The first-order chi connectivity index (χ1) is 6.58. The highest BCUT2D eigenvalue weighted by atomic mass is 16.5. The quantitative estimate of drug-likeness (QED) is 0.476. The van der Waals surface area contributed by atoms with Crippen LogP contribution in [0.5, 0.6) is 0 Å². The maximum Gasteiger partial charge on any atom is 0.300 e. The standard InChI is InChI=1S/C9H19N3O3/c1-8(2,3)12-7(13)9(14,15)6(10-12)11(4)5/h6,10,14-15H,1-5H3. The summed E-state index contributed by atoms with van der Waals surface area (Å²) in [6.45, 7) is 5.43. The lowest BCUT2D eigenvalue weighted by molar-refractivity contribution is -0.197. The number of carbonyl (C=O) groups is 1. The topological polar surface area (TPSA) is 76.0 Å². The molecule has 1 rings (SSSR count). The third-order valence-electron chi connectivity index (χ3n) is 2.34. The second-order valence-corrected chi connectivity index (χ2v) is 5.03. The van der Waals surface area contributed by atoms with E-state index in [1.165, 1.54) is 5.01 Å². The minimum absolute atomic E-state index is 0.501. The van der Waals surface area contributed by atoms with Crippen LogP contribution in [0.1, 0.15) is 20.8 Å². The van der Waals surface area contributed by atoms with Gasteiger partial charge in [0.15, 0.2) is 0 Å². The van der Waals surface area contributed by atoms with Gasteiger partial charge in [-0.3, -0.25) is 14.7 Å². The number of hydrogen-bond donors (Lipinski definition) is 3. The number of nitrogens with one attached hydrogen (secondary N) is 1. The van der Waals surface area contributed by atoms with Crippen LogP contribution in [0.3, 0.4) is 0 Å². The van der Waals surface area contributed by atoms with Crippen LogP contribution in [0.2, 0.25) is 0 Å². The lowest BCUT2D eigenvalue weighted by atomic mass is 10.1. The Bertz CT molecular complexity index is 270. The third kappa shape index (κ3) is 1.98. The molecule has 0 aliphatic carbocycles. The van der Waals surface area contributed by atoms with Gasteiger partial charge in [-0.05, 0) is 34.9 Å². The summed E-state index contributed by atoms with van der Waals surface area (Å²) in [5.41, 5.74) is 2.28. The molecule has 0 bridgehead atoms. The molecule has 0 spiro atoms. The molecule has 0 aromatic carbocycles. The molecular weight excluding hydrogens is 198 g/mol. The summed E-state index contributed by atoms with van der Waals surface area (Å²) in [5, 5.41) is 20.6. The average molecular weight is 217 g/mol. The minimum atomic E-state index is -2.38. The van der Waals surface area contributed by atoms with Gasteiger partial charge >= 0.3 is 0 Å². The molecular formula is C9H19N3O3. The highest BCUT2D eigenvalue weighted by Crippen LogP contribution is 2.25. The summed E-state index contributed by atoms with van der Waals surface area (Å²) in [5.74, 6) is -3.11. The van der Waals surface area contributed by atoms with Gasteiger partial charge < -0.3 is 10.2 Å². The molecule has 1 aliphatic heterocycles. The van der Waals surface area contributed by atoms with Gasteiger partial charge in [0.25, 0.3) is 11.7 Å². The Kier molecular flexibility index (Phi) is 2.82. The van der Waals surface area contributed by atoms with Crippen LogP contribution in [0, 0.1) is 0 Å². The van der Waals surface area contributed by atoms with E-state index < -0.39 is 23.4 Å². The number of aliphatic hydroxyl groups is 2. The van der Waals surface area contributed by atoms with Gasteiger partial charge in [0.05, 0.1) is 5.54 Å². The van der Waals surface area contributed by atoms with E-state index in [9.17, 15) is 15.0 Å². The monoisotopic (exact) mass is 217 g/mol. The Morgan fingerprint density at radius 3 is 2.07 bits per heavy atom. The van der Waals surface area contributed by atoms with Crippen LogP contribution in [0.15, 0.2) is 0 Å². The van der Waals surface area contributed by atoms with Crippen LogP contribution in [-0.4, -0.2) is 57.6 Å². The Balaban J connectivity index is 3.00. The van der Waals surface area contributed by atoms with Crippen molar-refractivity contribution in [3.8, 4) is 0 Å². The molecule has 1 atom stereocenters. The number of carbonyl (C=O) groups excluding carboxylic acids is 1. The van der Waals surface area contributed by atoms with E-state index in [4.69, 9.17) is 0 Å². The van der Waals surface area contributed by atoms with Crippen molar-refractivity contribution >= 4 is 5.91 Å². The van der Waals surface area contributed by atoms with Crippen molar-refractivity contribution in [2.24, 2.45) is 0 Å². The maximum absolute atomic E-state index is 11.7. The van der Waals surface area contributed by atoms with Crippen LogP contribution >= 0.6 is 0 Å². The number of amides is 1. The molecule has 6 heteroatoms. The van der Waals surface area contributed by atoms with Gasteiger partial charge in [0.2, 0.25) is 0 Å². The highest BCUT2D eigenvalue weighted by Gasteiger charge is 2.55. The Hall–Kier alpha value is -0.690. The van der Waals surface area contributed by atoms with Gasteiger partial charge in [-0.1, -0.05) is 0 Å². The number of nitrogens with zero attached hydrogens (tertiary/aromatic N) is 2. The first kappa shape index (κ1) is 12.4. The van der Waals surface area contributed by atoms with E-state index in [0.717, 1.165) is 0 Å². The molecule has 1 unspecified atom stereocenters. The van der Waals surface area contributed by atoms with Crippen molar-refractivity contribution in [2.75, 3.05) is 14.1 Å². The van der Waals surface area contributed by atoms with Gasteiger partial charge in [-0.25, -0.2) is 5.43 Å². The summed E-state index contributed by atoms with van der Waals surface area (Å²) in [6.07, 6.45) is -0.829. The molecule has 1 aliphatic rings. The predicted molar refractivity (Wildman–Crippen MR) is 54.4 cm³/mol. The van der Waals surface area contributed by atoms with Crippen LogP contribution in [0.25, 0.3) is 0 Å². The molecule has 0 saturated carbocycles.